The van der Waals surface area contributed by atoms with Gasteiger partial charge in [-0.2, -0.15) is 0 Å². The normalized spacial score (nSPS) is 13.3. The van der Waals surface area contributed by atoms with Crippen LogP contribution in [0, 0.1) is 0 Å². The van der Waals surface area contributed by atoms with E-state index in [9.17, 15) is 9.59 Å². The lowest BCUT2D eigenvalue weighted by Gasteiger charge is -2.28. The van der Waals surface area contributed by atoms with Crippen LogP contribution in [-0.2, 0) is 22.7 Å². The Morgan fingerprint density at radius 2 is 1.59 bits per heavy atom. The van der Waals surface area contributed by atoms with Gasteiger partial charge in [0.15, 0.2) is 0 Å². The molecule has 0 atom stereocenters. The zero-order valence-corrected chi connectivity index (χ0v) is 19.7. The Bertz CT molecular complexity index is 911. The smallest absolute Gasteiger partial charge is 0.250 e. The van der Waals surface area contributed by atoms with Gasteiger partial charge in [-0.15, -0.1) is 0 Å². The molecule has 7 nitrogen and oxygen atoms in total. The van der Waals surface area contributed by atoms with Crippen LogP contribution in [0.3, 0.4) is 0 Å². The first-order valence-corrected chi connectivity index (χ1v) is 11.3. The summed E-state index contributed by atoms with van der Waals surface area (Å²) < 4.78 is 0. The summed E-state index contributed by atoms with van der Waals surface area (Å²) >= 11 is 6.34. The van der Waals surface area contributed by atoms with E-state index in [1.165, 1.54) is 11.1 Å². The van der Waals surface area contributed by atoms with Crippen LogP contribution in [0.2, 0.25) is 5.02 Å². The van der Waals surface area contributed by atoms with Crippen molar-refractivity contribution in [2.24, 2.45) is 0 Å². The minimum atomic E-state index is -0.132. The molecule has 0 spiro atoms. The summed E-state index contributed by atoms with van der Waals surface area (Å²) in [6.07, 6.45) is 0. The fraction of sp³-hybridized carbons (Fsp3) is 0.417. The lowest BCUT2D eigenvalue weighted by molar-refractivity contribution is -0.145. The van der Waals surface area contributed by atoms with Crippen LogP contribution in [0.25, 0.3) is 0 Å². The molecule has 0 bridgehead atoms. The third-order valence-electron chi connectivity index (χ3n) is 5.49. The van der Waals surface area contributed by atoms with E-state index in [-0.39, 0.29) is 24.9 Å². The number of likely N-dealkylation sites (N-methyl/N-ethyl adjacent to an activating group) is 1. The van der Waals surface area contributed by atoms with E-state index in [1.54, 1.807) is 23.0 Å². The Kier molecular flexibility index (Phi) is 8.64. The zero-order valence-electron chi connectivity index (χ0n) is 19.0. The van der Waals surface area contributed by atoms with Crippen molar-refractivity contribution in [2.45, 2.75) is 33.0 Å². The number of benzene rings is 2. The maximum Gasteiger partial charge on any atom is 0.250 e. The van der Waals surface area contributed by atoms with E-state index >= 15 is 0 Å². The number of hydrogen-bond acceptors (Lipinski definition) is 5. The molecule has 172 valence electrons. The first-order valence-electron chi connectivity index (χ1n) is 10.9. The number of para-hydroxylation sites is 1. The van der Waals surface area contributed by atoms with Crippen LogP contribution in [-0.4, -0.2) is 61.1 Å². The topological polar surface area (TPSA) is 67.9 Å². The molecule has 1 aliphatic heterocycles. The number of rotatable bonds is 10. The lowest BCUT2D eigenvalue weighted by atomic mass is 10.1. The summed E-state index contributed by atoms with van der Waals surface area (Å²) in [5.74, 6) is -0.218. The minimum absolute atomic E-state index is 0.0483. The predicted molar refractivity (Wildman–Crippen MR) is 128 cm³/mol. The van der Waals surface area contributed by atoms with Gasteiger partial charge in [-0.25, -0.2) is 5.01 Å². The highest BCUT2D eigenvalue weighted by Crippen LogP contribution is 2.25. The van der Waals surface area contributed by atoms with Gasteiger partial charge in [-0.05, 0) is 23.3 Å². The van der Waals surface area contributed by atoms with Crippen LogP contribution < -0.4 is 15.5 Å². The number of carbonyl (C=O) groups excluding carboxylic acids is 2. The zero-order chi connectivity index (χ0) is 23.1. The number of anilines is 1. The fourth-order valence-corrected chi connectivity index (χ4v) is 3.92. The number of nitrogens with one attached hydrogen (secondary N) is 2. The molecule has 0 aromatic heterocycles. The molecule has 0 saturated heterocycles. The Balaban J connectivity index is 1.53. The highest BCUT2D eigenvalue weighted by atomic mass is 35.5. The molecular formula is C24H32ClN5O2. The average Bonchev–Trinajstić information content (AvgIpc) is 3.21. The third-order valence-corrected chi connectivity index (χ3v) is 5.81. The quantitative estimate of drug-likeness (QED) is 0.574. The van der Waals surface area contributed by atoms with Gasteiger partial charge in [-0.3, -0.25) is 19.9 Å². The molecule has 2 amide bonds. The molecule has 32 heavy (non-hydrogen) atoms. The van der Waals surface area contributed by atoms with Crippen molar-refractivity contribution in [2.75, 3.05) is 38.1 Å². The predicted octanol–water partition coefficient (Wildman–Crippen LogP) is 2.65. The fourth-order valence-electron chi connectivity index (χ4n) is 3.69. The van der Waals surface area contributed by atoms with Gasteiger partial charge in [0.25, 0.3) is 5.91 Å². The van der Waals surface area contributed by atoms with Crippen LogP contribution in [0.4, 0.5) is 5.69 Å². The van der Waals surface area contributed by atoms with Gasteiger partial charge in [0.2, 0.25) is 5.91 Å². The molecule has 3 rings (SSSR count). The van der Waals surface area contributed by atoms with Crippen molar-refractivity contribution in [3.05, 3.63) is 64.7 Å². The Labute approximate surface area is 195 Å². The molecular weight excluding hydrogens is 426 g/mol. The molecule has 2 aromatic carbocycles. The van der Waals surface area contributed by atoms with E-state index in [0.29, 0.717) is 42.9 Å². The maximum atomic E-state index is 13.0. The van der Waals surface area contributed by atoms with Crippen LogP contribution in [0.5, 0.6) is 0 Å². The molecule has 8 heteroatoms. The Morgan fingerprint density at radius 1 is 1.00 bits per heavy atom. The average molecular weight is 458 g/mol. The standard InChI is InChI=1S/C24H32ClN5O2/c1-18(2)27-12-13-30(22-11-7-6-10-21(22)25)24(32)15-26-14-23(31)28(3)29-16-19-8-4-5-9-20(19)17-29/h4-11,18,26-27H,12-17H2,1-3H3. The summed E-state index contributed by atoms with van der Waals surface area (Å²) in [6, 6.07) is 15.8. The number of fused-ring (bicyclic) bond motifs is 1. The number of hydrazine groups is 1. The molecule has 0 fully saturated rings. The summed E-state index contributed by atoms with van der Waals surface area (Å²) in [4.78, 5) is 27.3. The van der Waals surface area contributed by atoms with Gasteiger partial charge < -0.3 is 10.2 Å². The van der Waals surface area contributed by atoms with E-state index in [2.05, 4.69) is 36.6 Å². The van der Waals surface area contributed by atoms with Gasteiger partial charge in [0.1, 0.15) is 0 Å². The van der Waals surface area contributed by atoms with Gasteiger partial charge in [0, 0.05) is 39.3 Å². The molecule has 0 aliphatic carbocycles. The highest BCUT2D eigenvalue weighted by molar-refractivity contribution is 6.33. The minimum Gasteiger partial charge on any atom is -0.313 e. The second-order valence-electron chi connectivity index (χ2n) is 8.22. The van der Waals surface area contributed by atoms with Gasteiger partial charge >= 0.3 is 0 Å². The molecule has 2 N–H and O–H groups in total. The van der Waals surface area contributed by atoms with E-state index < -0.39 is 0 Å². The molecule has 1 aliphatic rings. The van der Waals surface area contributed by atoms with Gasteiger partial charge in [0.05, 0.1) is 23.8 Å². The number of carbonyl (C=O) groups is 2. The van der Waals surface area contributed by atoms with Crippen LogP contribution >= 0.6 is 11.6 Å². The van der Waals surface area contributed by atoms with Crippen LogP contribution in [0.15, 0.2) is 48.5 Å². The second kappa shape index (κ2) is 11.4. The highest BCUT2D eigenvalue weighted by Gasteiger charge is 2.25. The SMILES string of the molecule is CC(C)NCCN(C(=O)CNCC(=O)N(C)N1Cc2ccccc2C1)c1ccccc1Cl. The first kappa shape index (κ1) is 24.2. The summed E-state index contributed by atoms with van der Waals surface area (Å²) in [7, 11) is 1.77. The Morgan fingerprint density at radius 3 is 2.22 bits per heavy atom. The van der Waals surface area contributed by atoms with Gasteiger partial charge in [-0.1, -0.05) is 61.8 Å². The number of nitrogens with zero attached hydrogens (tertiary/aromatic N) is 3. The number of halogens is 1. The molecule has 0 unspecified atom stereocenters. The van der Waals surface area contributed by atoms with Crippen molar-refractivity contribution in [3.8, 4) is 0 Å². The van der Waals surface area contributed by atoms with E-state index in [4.69, 9.17) is 11.6 Å². The number of amides is 2. The van der Waals surface area contributed by atoms with Crippen molar-refractivity contribution < 1.29 is 9.59 Å². The molecule has 0 saturated carbocycles. The monoisotopic (exact) mass is 457 g/mol. The summed E-state index contributed by atoms with van der Waals surface area (Å²) in [6.45, 7) is 6.80. The maximum absolute atomic E-state index is 13.0. The largest absolute Gasteiger partial charge is 0.313 e. The summed E-state index contributed by atoms with van der Waals surface area (Å²) in [5, 5.41) is 10.5. The van der Waals surface area contributed by atoms with E-state index in [1.807, 2.05) is 35.3 Å². The first-order chi connectivity index (χ1) is 15.4. The lowest BCUT2D eigenvalue weighted by Crippen LogP contribution is -2.47. The molecule has 2 aromatic rings. The Hall–Kier alpha value is -2.45. The van der Waals surface area contributed by atoms with Crippen molar-refractivity contribution in [3.63, 3.8) is 0 Å². The molecule has 0 radical (unpaired) electrons. The van der Waals surface area contributed by atoms with E-state index in [0.717, 1.165) is 0 Å². The van der Waals surface area contributed by atoms with Crippen molar-refractivity contribution in [1.29, 1.82) is 0 Å². The van der Waals surface area contributed by atoms with Crippen LogP contribution in [0.1, 0.15) is 25.0 Å². The molecule has 1 heterocycles. The van der Waals surface area contributed by atoms with Crippen molar-refractivity contribution in [1.82, 2.24) is 20.7 Å². The number of hydrogen-bond donors (Lipinski definition) is 2. The second-order valence-corrected chi connectivity index (χ2v) is 8.63. The van der Waals surface area contributed by atoms with Crippen molar-refractivity contribution >= 4 is 29.1 Å². The summed E-state index contributed by atoms with van der Waals surface area (Å²) in [5.41, 5.74) is 3.14. The third kappa shape index (κ3) is 6.29.